The van der Waals surface area contributed by atoms with Crippen LogP contribution in [0.2, 0.25) is 0 Å². The number of furan rings is 1. The fourth-order valence-corrected chi connectivity index (χ4v) is 4.35. The molecule has 0 N–H and O–H groups in total. The van der Waals surface area contributed by atoms with Gasteiger partial charge in [0.2, 0.25) is 11.0 Å². The highest BCUT2D eigenvalue weighted by Gasteiger charge is 2.33. The van der Waals surface area contributed by atoms with Gasteiger partial charge < -0.3 is 9.32 Å². The Bertz CT molecular complexity index is 867. The third-order valence-corrected chi connectivity index (χ3v) is 6.02. The van der Waals surface area contributed by atoms with Crippen LogP contribution in [0.4, 0.5) is 4.39 Å². The quantitative estimate of drug-likeness (QED) is 0.835. The minimum atomic E-state index is -3.81. The number of sulfonamides is 1. The van der Waals surface area contributed by atoms with E-state index in [1.54, 1.807) is 11.8 Å². The van der Waals surface area contributed by atoms with E-state index >= 15 is 0 Å². The van der Waals surface area contributed by atoms with Gasteiger partial charge in [-0.3, -0.25) is 4.79 Å². The van der Waals surface area contributed by atoms with Crippen molar-refractivity contribution in [1.82, 2.24) is 9.21 Å². The minimum absolute atomic E-state index is 0.0718. The Balaban J connectivity index is 1.94. The van der Waals surface area contributed by atoms with Crippen LogP contribution in [-0.4, -0.2) is 49.7 Å². The largest absolute Gasteiger partial charge is 0.443 e. The fraction of sp³-hybridized carbons (Fsp3) is 0.400. The molecular weight excluding hydrogens is 323 g/mol. The summed E-state index contributed by atoms with van der Waals surface area (Å²) < 4.78 is 45.7. The zero-order valence-electron chi connectivity index (χ0n) is 12.9. The monoisotopic (exact) mass is 340 g/mol. The van der Waals surface area contributed by atoms with Crippen LogP contribution in [0.3, 0.4) is 0 Å². The van der Waals surface area contributed by atoms with Crippen molar-refractivity contribution >= 4 is 26.9 Å². The van der Waals surface area contributed by atoms with Crippen molar-refractivity contribution in [3.63, 3.8) is 0 Å². The van der Waals surface area contributed by atoms with Crippen molar-refractivity contribution < 1.29 is 22.0 Å². The molecule has 1 amide bonds. The lowest BCUT2D eigenvalue weighted by Gasteiger charge is -2.32. The van der Waals surface area contributed by atoms with Crippen LogP contribution in [0.1, 0.15) is 12.5 Å². The van der Waals surface area contributed by atoms with Gasteiger partial charge in [-0.05, 0) is 25.1 Å². The van der Waals surface area contributed by atoms with Gasteiger partial charge in [-0.2, -0.15) is 4.31 Å². The standard InChI is InChI=1S/C15H17FN2O4S/c1-10-13-9-12(16)3-4-14(13)22-15(10)23(20,21)18-7-5-17(6-8-18)11(2)19/h3-4,9H,5-8H2,1-2H3. The summed E-state index contributed by atoms with van der Waals surface area (Å²) >= 11 is 0. The summed E-state index contributed by atoms with van der Waals surface area (Å²) in [7, 11) is -3.81. The van der Waals surface area contributed by atoms with Crippen LogP contribution >= 0.6 is 0 Å². The molecule has 8 heteroatoms. The van der Waals surface area contributed by atoms with Gasteiger partial charge in [-0.1, -0.05) is 0 Å². The molecule has 1 saturated heterocycles. The molecule has 0 radical (unpaired) electrons. The number of nitrogens with zero attached hydrogens (tertiary/aromatic N) is 2. The maximum Gasteiger partial charge on any atom is 0.276 e. The summed E-state index contributed by atoms with van der Waals surface area (Å²) in [5.41, 5.74) is 0.735. The molecule has 1 aromatic heterocycles. The maximum absolute atomic E-state index is 13.4. The first-order chi connectivity index (χ1) is 10.8. The summed E-state index contributed by atoms with van der Waals surface area (Å²) in [5, 5.41) is 0.292. The van der Waals surface area contributed by atoms with E-state index in [4.69, 9.17) is 4.42 Å². The molecule has 0 spiro atoms. The van der Waals surface area contributed by atoms with E-state index in [1.807, 2.05) is 0 Å². The molecule has 1 aliphatic rings. The second-order valence-electron chi connectivity index (χ2n) is 5.57. The Kier molecular flexibility index (Phi) is 3.89. The van der Waals surface area contributed by atoms with Gasteiger partial charge in [0, 0.05) is 44.1 Å². The van der Waals surface area contributed by atoms with Crippen LogP contribution in [-0.2, 0) is 14.8 Å². The first kappa shape index (κ1) is 15.9. The number of hydrogen-bond donors (Lipinski definition) is 0. The van der Waals surface area contributed by atoms with Crippen molar-refractivity contribution in [3.05, 3.63) is 29.6 Å². The van der Waals surface area contributed by atoms with E-state index in [1.165, 1.54) is 29.4 Å². The molecule has 1 aliphatic heterocycles. The summed E-state index contributed by atoms with van der Waals surface area (Å²) in [5.74, 6) is -0.516. The van der Waals surface area contributed by atoms with Crippen molar-refractivity contribution in [3.8, 4) is 0 Å². The summed E-state index contributed by atoms with van der Waals surface area (Å²) in [4.78, 5) is 12.9. The predicted molar refractivity (Wildman–Crippen MR) is 81.9 cm³/mol. The highest BCUT2D eigenvalue weighted by Crippen LogP contribution is 2.31. The van der Waals surface area contributed by atoms with Gasteiger partial charge >= 0.3 is 0 Å². The highest BCUT2D eigenvalue weighted by atomic mass is 32.2. The van der Waals surface area contributed by atoms with E-state index in [0.29, 0.717) is 29.6 Å². The average Bonchev–Trinajstić information content (AvgIpc) is 2.85. The molecule has 0 unspecified atom stereocenters. The van der Waals surface area contributed by atoms with Crippen LogP contribution in [0.5, 0.6) is 0 Å². The average molecular weight is 340 g/mol. The molecular formula is C15H17FN2O4S. The van der Waals surface area contributed by atoms with Crippen LogP contribution in [0, 0.1) is 12.7 Å². The van der Waals surface area contributed by atoms with Gasteiger partial charge in [0.25, 0.3) is 10.0 Å². The number of amides is 1. The Morgan fingerprint density at radius 3 is 2.48 bits per heavy atom. The van der Waals surface area contributed by atoms with Crippen LogP contribution in [0.25, 0.3) is 11.0 Å². The molecule has 0 atom stereocenters. The number of aryl methyl sites for hydroxylation is 1. The number of rotatable bonds is 2. The number of fused-ring (bicyclic) bond motifs is 1. The Morgan fingerprint density at radius 2 is 1.87 bits per heavy atom. The third-order valence-electron chi connectivity index (χ3n) is 4.11. The highest BCUT2D eigenvalue weighted by molar-refractivity contribution is 7.89. The smallest absolute Gasteiger partial charge is 0.276 e. The normalized spacial score (nSPS) is 16.9. The zero-order valence-corrected chi connectivity index (χ0v) is 13.7. The van der Waals surface area contributed by atoms with Crippen molar-refractivity contribution in [2.24, 2.45) is 0 Å². The molecule has 0 saturated carbocycles. The zero-order chi connectivity index (χ0) is 16.8. The van der Waals surface area contributed by atoms with Gasteiger partial charge in [-0.15, -0.1) is 0 Å². The molecule has 2 heterocycles. The second-order valence-corrected chi connectivity index (χ2v) is 7.40. The number of halogens is 1. The van der Waals surface area contributed by atoms with Crippen molar-refractivity contribution in [2.75, 3.05) is 26.2 Å². The number of carbonyl (C=O) groups excluding carboxylic acids is 1. The molecule has 2 aromatic rings. The summed E-state index contributed by atoms with van der Waals surface area (Å²) in [6, 6.07) is 3.92. The summed E-state index contributed by atoms with van der Waals surface area (Å²) in [6.45, 7) is 4.19. The topological polar surface area (TPSA) is 70.8 Å². The van der Waals surface area contributed by atoms with Gasteiger partial charge in [0.1, 0.15) is 11.4 Å². The van der Waals surface area contributed by atoms with Crippen molar-refractivity contribution in [1.29, 1.82) is 0 Å². The fourth-order valence-electron chi connectivity index (χ4n) is 2.78. The van der Waals surface area contributed by atoms with Crippen LogP contribution < -0.4 is 0 Å². The van der Waals surface area contributed by atoms with Crippen LogP contribution in [0.15, 0.2) is 27.7 Å². The van der Waals surface area contributed by atoms with Crippen molar-refractivity contribution in [2.45, 2.75) is 18.9 Å². The lowest BCUT2D eigenvalue weighted by atomic mass is 10.2. The van der Waals surface area contributed by atoms with E-state index in [-0.39, 0.29) is 24.1 Å². The third kappa shape index (κ3) is 2.72. The van der Waals surface area contributed by atoms with E-state index in [9.17, 15) is 17.6 Å². The first-order valence-electron chi connectivity index (χ1n) is 7.25. The minimum Gasteiger partial charge on any atom is -0.443 e. The number of piperazine rings is 1. The molecule has 1 fully saturated rings. The van der Waals surface area contributed by atoms with Gasteiger partial charge in [0.15, 0.2) is 0 Å². The molecule has 124 valence electrons. The molecule has 0 aliphatic carbocycles. The molecule has 3 rings (SSSR count). The first-order valence-corrected chi connectivity index (χ1v) is 8.69. The Labute approximate surface area is 133 Å². The van der Waals surface area contributed by atoms with E-state index < -0.39 is 15.8 Å². The Morgan fingerprint density at radius 1 is 1.22 bits per heavy atom. The lowest BCUT2D eigenvalue weighted by Crippen LogP contribution is -2.49. The van der Waals surface area contributed by atoms with E-state index in [0.717, 1.165) is 0 Å². The number of benzene rings is 1. The number of hydrogen-bond acceptors (Lipinski definition) is 4. The molecule has 1 aromatic carbocycles. The maximum atomic E-state index is 13.4. The predicted octanol–water partition coefficient (Wildman–Crippen LogP) is 1.73. The molecule has 23 heavy (non-hydrogen) atoms. The summed E-state index contributed by atoms with van der Waals surface area (Å²) in [6.07, 6.45) is 0. The Hall–Kier alpha value is -1.93. The SMILES string of the molecule is CC(=O)N1CCN(S(=O)(=O)c2oc3ccc(F)cc3c2C)CC1. The van der Waals surface area contributed by atoms with E-state index in [2.05, 4.69) is 0 Å². The lowest BCUT2D eigenvalue weighted by molar-refractivity contribution is -0.129. The van der Waals surface area contributed by atoms with Gasteiger partial charge in [-0.25, -0.2) is 12.8 Å². The molecule has 0 bridgehead atoms. The van der Waals surface area contributed by atoms with Gasteiger partial charge in [0.05, 0.1) is 0 Å². The number of carbonyl (C=O) groups is 1. The second kappa shape index (κ2) is 5.61. The molecule has 6 nitrogen and oxygen atoms in total.